The zero-order chi connectivity index (χ0) is 21.7. The molecule has 0 radical (unpaired) electrons. The van der Waals surface area contributed by atoms with Crippen LogP contribution in [-0.2, 0) is 16.0 Å². The van der Waals surface area contributed by atoms with Crippen molar-refractivity contribution >= 4 is 23.2 Å². The molecular weight excluding hydrogens is 381 g/mol. The Labute approximate surface area is 177 Å². The van der Waals surface area contributed by atoms with E-state index in [9.17, 15) is 14.0 Å². The van der Waals surface area contributed by atoms with Crippen LogP contribution in [0.3, 0.4) is 0 Å². The molecule has 0 aromatic heterocycles. The van der Waals surface area contributed by atoms with Crippen LogP contribution in [0.2, 0.25) is 0 Å². The standard InChI is InChI=1S/C24H30FN3O2/c1-24(2,3)17-22(29)26-20-8-10-21(11-9-20)27-12-14-28(15-13-27)23(30)16-18-4-6-19(25)7-5-18/h4-11H,12-17H2,1-3H3,(H,26,29). The molecule has 6 heteroatoms. The third kappa shape index (κ3) is 6.31. The van der Waals surface area contributed by atoms with Crippen LogP contribution in [0.5, 0.6) is 0 Å². The van der Waals surface area contributed by atoms with Crippen LogP contribution >= 0.6 is 0 Å². The molecule has 5 nitrogen and oxygen atoms in total. The summed E-state index contributed by atoms with van der Waals surface area (Å²) in [7, 11) is 0. The number of rotatable bonds is 5. The summed E-state index contributed by atoms with van der Waals surface area (Å²) in [5, 5.41) is 2.94. The molecule has 0 saturated carbocycles. The fourth-order valence-corrected chi connectivity index (χ4v) is 3.55. The number of benzene rings is 2. The number of nitrogens with zero attached hydrogens (tertiary/aromatic N) is 2. The van der Waals surface area contributed by atoms with Gasteiger partial charge in [0.2, 0.25) is 11.8 Å². The van der Waals surface area contributed by atoms with Crippen molar-refractivity contribution in [1.82, 2.24) is 4.90 Å². The van der Waals surface area contributed by atoms with Gasteiger partial charge in [-0.3, -0.25) is 9.59 Å². The van der Waals surface area contributed by atoms with Gasteiger partial charge in [0, 0.05) is 44.0 Å². The number of hydrogen-bond donors (Lipinski definition) is 1. The number of amides is 2. The number of carbonyl (C=O) groups excluding carboxylic acids is 2. The molecule has 1 heterocycles. The fraction of sp³-hybridized carbons (Fsp3) is 0.417. The summed E-state index contributed by atoms with van der Waals surface area (Å²) in [6.45, 7) is 8.95. The molecule has 0 aliphatic carbocycles. The Hall–Kier alpha value is -2.89. The van der Waals surface area contributed by atoms with E-state index in [-0.39, 0.29) is 23.0 Å². The molecule has 0 unspecified atom stereocenters. The highest BCUT2D eigenvalue weighted by atomic mass is 19.1. The molecule has 1 aliphatic rings. The van der Waals surface area contributed by atoms with Crippen molar-refractivity contribution in [1.29, 1.82) is 0 Å². The number of hydrogen-bond acceptors (Lipinski definition) is 3. The molecule has 2 amide bonds. The quantitative estimate of drug-likeness (QED) is 0.806. The average Bonchev–Trinajstić information content (AvgIpc) is 2.69. The van der Waals surface area contributed by atoms with E-state index < -0.39 is 0 Å². The fourth-order valence-electron chi connectivity index (χ4n) is 3.55. The van der Waals surface area contributed by atoms with Gasteiger partial charge in [-0.1, -0.05) is 32.9 Å². The van der Waals surface area contributed by atoms with Crippen LogP contribution in [0.4, 0.5) is 15.8 Å². The van der Waals surface area contributed by atoms with Crippen LogP contribution in [-0.4, -0.2) is 42.9 Å². The van der Waals surface area contributed by atoms with Gasteiger partial charge in [0.05, 0.1) is 6.42 Å². The lowest BCUT2D eigenvalue weighted by molar-refractivity contribution is -0.130. The molecule has 1 fully saturated rings. The molecule has 30 heavy (non-hydrogen) atoms. The summed E-state index contributed by atoms with van der Waals surface area (Å²) in [5.74, 6) is -0.207. The molecule has 160 valence electrons. The van der Waals surface area contributed by atoms with Gasteiger partial charge in [-0.2, -0.15) is 0 Å². The van der Waals surface area contributed by atoms with Crippen molar-refractivity contribution in [3.63, 3.8) is 0 Å². The highest BCUT2D eigenvalue weighted by molar-refractivity contribution is 5.91. The van der Waals surface area contributed by atoms with Gasteiger partial charge in [-0.25, -0.2) is 4.39 Å². The molecular formula is C24H30FN3O2. The summed E-state index contributed by atoms with van der Waals surface area (Å²) in [6.07, 6.45) is 0.770. The molecule has 2 aromatic carbocycles. The summed E-state index contributed by atoms with van der Waals surface area (Å²) >= 11 is 0. The first-order valence-electron chi connectivity index (χ1n) is 10.4. The van der Waals surface area contributed by atoms with Crippen LogP contribution < -0.4 is 10.2 Å². The topological polar surface area (TPSA) is 52.7 Å². The van der Waals surface area contributed by atoms with Gasteiger partial charge < -0.3 is 15.1 Å². The molecule has 2 aromatic rings. The van der Waals surface area contributed by atoms with E-state index in [1.165, 1.54) is 12.1 Å². The van der Waals surface area contributed by atoms with E-state index in [1.54, 1.807) is 12.1 Å². The number of carbonyl (C=O) groups is 2. The number of halogens is 1. The molecule has 0 atom stereocenters. The molecule has 1 aliphatic heterocycles. The van der Waals surface area contributed by atoms with E-state index in [0.29, 0.717) is 25.9 Å². The second-order valence-electron chi connectivity index (χ2n) is 9.00. The van der Waals surface area contributed by atoms with Gasteiger partial charge in [0.1, 0.15) is 5.82 Å². The van der Waals surface area contributed by atoms with Crippen molar-refractivity contribution in [3.8, 4) is 0 Å². The van der Waals surface area contributed by atoms with Crippen LogP contribution in [0.1, 0.15) is 32.8 Å². The van der Waals surface area contributed by atoms with E-state index in [2.05, 4.69) is 10.2 Å². The Balaban J connectivity index is 1.49. The summed E-state index contributed by atoms with van der Waals surface area (Å²) in [4.78, 5) is 28.7. The maximum Gasteiger partial charge on any atom is 0.227 e. The third-order valence-electron chi connectivity index (χ3n) is 5.11. The normalized spacial score (nSPS) is 14.5. The Morgan fingerprint density at radius 3 is 2.10 bits per heavy atom. The van der Waals surface area contributed by atoms with Gasteiger partial charge in [-0.05, 0) is 47.4 Å². The second kappa shape index (κ2) is 9.28. The van der Waals surface area contributed by atoms with Crippen LogP contribution in [0, 0.1) is 11.2 Å². The van der Waals surface area contributed by atoms with Crippen molar-refractivity contribution in [2.24, 2.45) is 5.41 Å². The maximum absolute atomic E-state index is 13.0. The molecule has 0 bridgehead atoms. The molecule has 1 N–H and O–H groups in total. The number of piperazine rings is 1. The minimum Gasteiger partial charge on any atom is -0.368 e. The highest BCUT2D eigenvalue weighted by Gasteiger charge is 2.21. The van der Waals surface area contributed by atoms with Crippen LogP contribution in [0.15, 0.2) is 48.5 Å². The van der Waals surface area contributed by atoms with Crippen molar-refractivity contribution in [2.75, 3.05) is 36.4 Å². The van der Waals surface area contributed by atoms with E-state index in [1.807, 2.05) is 49.9 Å². The predicted octanol–water partition coefficient (Wildman–Crippen LogP) is 4.09. The number of anilines is 2. The Morgan fingerprint density at radius 1 is 0.933 bits per heavy atom. The van der Waals surface area contributed by atoms with Gasteiger partial charge in [-0.15, -0.1) is 0 Å². The number of nitrogens with one attached hydrogen (secondary N) is 1. The highest BCUT2D eigenvalue weighted by Crippen LogP contribution is 2.22. The molecule has 0 spiro atoms. The largest absolute Gasteiger partial charge is 0.368 e. The first-order valence-corrected chi connectivity index (χ1v) is 10.4. The first-order chi connectivity index (χ1) is 14.2. The Kier molecular flexibility index (Phi) is 6.75. The van der Waals surface area contributed by atoms with Crippen molar-refractivity contribution < 1.29 is 14.0 Å². The second-order valence-corrected chi connectivity index (χ2v) is 9.00. The predicted molar refractivity (Wildman–Crippen MR) is 118 cm³/mol. The minimum atomic E-state index is -0.292. The van der Waals surface area contributed by atoms with Gasteiger partial charge in [0.15, 0.2) is 0 Å². The lowest BCUT2D eigenvalue weighted by Crippen LogP contribution is -2.49. The monoisotopic (exact) mass is 411 g/mol. The summed E-state index contributed by atoms with van der Waals surface area (Å²) in [5.41, 5.74) is 2.65. The van der Waals surface area contributed by atoms with Crippen molar-refractivity contribution in [2.45, 2.75) is 33.6 Å². The van der Waals surface area contributed by atoms with E-state index in [4.69, 9.17) is 0 Å². The molecule has 3 rings (SSSR count). The van der Waals surface area contributed by atoms with Crippen LogP contribution in [0.25, 0.3) is 0 Å². The zero-order valence-electron chi connectivity index (χ0n) is 18.0. The van der Waals surface area contributed by atoms with E-state index in [0.717, 1.165) is 30.0 Å². The third-order valence-corrected chi connectivity index (χ3v) is 5.11. The van der Waals surface area contributed by atoms with E-state index >= 15 is 0 Å². The smallest absolute Gasteiger partial charge is 0.227 e. The zero-order valence-corrected chi connectivity index (χ0v) is 18.0. The van der Waals surface area contributed by atoms with Crippen molar-refractivity contribution in [3.05, 3.63) is 59.9 Å². The summed E-state index contributed by atoms with van der Waals surface area (Å²) in [6, 6.07) is 13.9. The lowest BCUT2D eigenvalue weighted by atomic mass is 9.92. The lowest BCUT2D eigenvalue weighted by Gasteiger charge is -2.36. The SMILES string of the molecule is CC(C)(C)CC(=O)Nc1ccc(N2CCN(C(=O)Cc3ccc(F)cc3)CC2)cc1. The van der Waals surface area contributed by atoms with Gasteiger partial charge >= 0.3 is 0 Å². The maximum atomic E-state index is 13.0. The van der Waals surface area contributed by atoms with Gasteiger partial charge in [0.25, 0.3) is 0 Å². The Morgan fingerprint density at radius 2 is 1.53 bits per heavy atom. The Bertz CT molecular complexity index is 865. The first kappa shape index (κ1) is 21.8. The molecule has 1 saturated heterocycles. The average molecular weight is 412 g/mol. The minimum absolute atomic E-state index is 0.0172. The summed E-state index contributed by atoms with van der Waals surface area (Å²) < 4.78 is 13.0.